The average molecular weight is 384 g/mol. The zero-order chi connectivity index (χ0) is 19.6. The molecule has 1 aliphatic rings. The largest absolute Gasteiger partial charge is 0.357 e. The number of imidazole rings is 1. The van der Waals surface area contributed by atoms with E-state index in [9.17, 15) is 4.79 Å². The molecule has 7 nitrogen and oxygen atoms in total. The highest BCUT2D eigenvalue weighted by atomic mass is 16.2. The second-order valence-corrected chi connectivity index (χ2v) is 7.01. The Labute approximate surface area is 168 Å². The molecular weight excluding hydrogens is 364 g/mol. The van der Waals surface area contributed by atoms with Gasteiger partial charge in [-0.05, 0) is 25.0 Å². The lowest BCUT2D eigenvalue weighted by atomic mass is 10.1. The van der Waals surface area contributed by atoms with Crippen molar-refractivity contribution in [2.75, 3.05) is 23.3 Å². The van der Waals surface area contributed by atoms with Crippen LogP contribution in [0.15, 0.2) is 67.1 Å². The summed E-state index contributed by atoms with van der Waals surface area (Å²) in [7, 11) is 0. The van der Waals surface area contributed by atoms with Crippen LogP contribution in [0.2, 0.25) is 0 Å². The van der Waals surface area contributed by atoms with E-state index >= 15 is 0 Å². The second-order valence-electron chi connectivity index (χ2n) is 7.01. The van der Waals surface area contributed by atoms with Crippen LogP contribution in [0, 0.1) is 0 Å². The van der Waals surface area contributed by atoms with Crippen LogP contribution in [0.25, 0.3) is 16.9 Å². The number of hydrogen-bond donors (Lipinski definition) is 1. The molecule has 3 aromatic heterocycles. The van der Waals surface area contributed by atoms with E-state index < -0.39 is 0 Å². The van der Waals surface area contributed by atoms with Crippen LogP contribution in [0.1, 0.15) is 23.3 Å². The first-order valence-corrected chi connectivity index (χ1v) is 9.70. The van der Waals surface area contributed by atoms with E-state index in [1.165, 1.54) is 6.33 Å². The van der Waals surface area contributed by atoms with Crippen LogP contribution in [0.3, 0.4) is 0 Å². The van der Waals surface area contributed by atoms with Crippen molar-refractivity contribution in [2.45, 2.75) is 12.8 Å². The number of rotatable bonds is 4. The minimum absolute atomic E-state index is 0.282. The number of benzene rings is 1. The SMILES string of the molecule is O=C(Nc1c(-c2ccccc2)nc2ccccn12)c1cc(N2CCCC2)ncn1. The van der Waals surface area contributed by atoms with Gasteiger partial charge in [0.05, 0.1) is 0 Å². The van der Waals surface area contributed by atoms with Gasteiger partial charge in [0.1, 0.15) is 35.0 Å². The fourth-order valence-electron chi connectivity index (χ4n) is 3.67. The standard InChI is InChI=1S/C22H20N6O/c29-22(17-14-19(24-15-23-17)27-11-6-7-12-27)26-21-20(16-8-2-1-3-9-16)25-18-10-4-5-13-28(18)21/h1-5,8-10,13-15H,6-7,11-12H2,(H,26,29). The molecule has 1 aliphatic heterocycles. The lowest BCUT2D eigenvalue weighted by Gasteiger charge is -2.16. The Morgan fingerprint density at radius 1 is 0.966 bits per heavy atom. The molecule has 0 radical (unpaired) electrons. The number of hydrogen-bond acceptors (Lipinski definition) is 5. The fourth-order valence-corrected chi connectivity index (χ4v) is 3.67. The van der Waals surface area contributed by atoms with Crippen LogP contribution in [-0.4, -0.2) is 38.3 Å². The molecule has 1 fully saturated rings. The Morgan fingerprint density at radius 3 is 2.59 bits per heavy atom. The van der Waals surface area contributed by atoms with E-state index in [1.807, 2.05) is 59.1 Å². The predicted molar refractivity (Wildman–Crippen MR) is 112 cm³/mol. The van der Waals surface area contributed by atoms with Gasteiger partial charge in [-0.3, -0.25) is 9.20 Å². The Bertz CT molecular complexity index is 1160. The summed E-state index contributed by atoms with van der Waals surface area (Å²) in [5.74, 6) is 1.14. The average Bonchev–Trinajstić information content (AvgIpc) is 3.43. The predicted octanol–water partition coefficient (Wildman–Crippen LogP) is 3.64. The van der Waals surface area contributed by atoms with Gasteiger partial charge >= 0.3 is 0 Å². The van der Waals surface area contributed by atoms with Gasteiger partial charge in [0.15, 0.2) is 0 Å². The Kier molecular flexibility index (Phi) is 4.40. The molecule has 1 aromatic carbocycles. The highest BCUT2D eigenvalue weighted by molar-refractivity contribution is 6.04. The van der Waals surface area contributed by atoms with Gasteiger partial charge in [0, 0.05) is 30.9 Å². The van der Waals surface area contributed by atoms with E-state index in [0.717, 1.165) is 48.7 Å². The fraction of sp³-hybridized carbons (Fsp3) is 0.182. The van der Waals surface area contributed by atoms with Crippen LogP contribution in [-0.2, 0) is 0 Å². The van der Waals surface area contributed by atoms with Gasteiger partial charge in [0.25, 0.3) is 5.91 Å². The van der Waals surface area contributed by atoms with Crippen molar-refractivity contribution in [2.24, 2.45) is 0 Å². The summed E-state index contributed by atoms with van der Waals surface area (Å²) in [6.07, 6.45) is 5.64. The Balaban J connectivity index is 1.52. The van der Waals surface area contributed by atoms with Crippen molar-refractivity contribution < 1.29 is 4.79 Å². The third-order valence-electron chi connectivity index (χ3n) is 5.12. The van der Waals surface area contributed by atoms with Gasteiger partial charge in [0.2, 0.25) is 0 Å². The van der Waals surface area contributed by atoms with Crippen molar-refractivity contribution in [3.05, 3.63) is 72.8 Å². The molecule has 0 unspecified atom stereocenters. The molecule has 5 rings (SSSR count). The number of aromatic nitrogens is 4. The highest BCUT2D eigenvalue weighted by Crippen LogP contribution is 2.29. The van der Waals surface area contributed by atoms with Gasteiger partial charge < -0.3 is 10.2 Å². The van der Waals surface area contributed by atoms with E-state index in [0.29, 0.717) is 11.5 Å². The van der Waals surface area contributed by atoms with Gasteiger partial charge in [-0.1, -0.05) is 36.4 Å². The maximum atomic E-state index is 13.0. The van der Waals surface area contributed by atoms with E-state index in [2.05, 4.69) is 20.2 Å². The number of amides is 1. The van der Waals surface area contributed by atoms with Crippen LogP contribution >= 0.6 is 0 Å². The molecule has 4 aromatic rings. The summed E-state index contributed by atoms with van der Waals surface area (Å²) in [5.41, 5.74) is 2.76. The molecule has 0 spiro atoms. The first-order chi connectivity index (χ1) is 14.3. The molecular formula is C22H20N6O. The smallest absolute Gasteiger partial charge is 0.275 e. The van der Waals surface area contributed by atoms with Crippen LogP contribution in [0.5, 0.6) is 0 Å². The number of fused-ring (bicyclic) bond motifs is 1. The molecule has 0 bridgehead atoms. The quantitative estimate of drug-likeness (QED) is 0.581. The molecule has 1 amide bonds. The number of nitrogens with zero attached hydrogens (tertiary/aromatic N) is 5. The lowest BCUT2D eigenvalue weighted by Crippen LogP contribution is -2.21. The first kappa shape index (κ1) is 17.4. The molecule has 0 saturated carbocycles. The summed E-state index contributed by atoms with van der Waals surface area (Å²) >= 11 is 0. The molecule has 0 aliphatic carbocycles. The number of anilines is 2. The van der Waals surface area contributed by atoms with Crippen LogP contribution in [0.4, 0.5) is 11.6 Å². The Hall–Kier alpha value is -3.74. The summed E-state index contributed by atoms with van der Waals surface area (Å²) in [6.45, 7) is 1.92. The van der Waals surface area contributed by atoms with Crippen molar-refractivity contribution >= 4 is 23.2 Å². The van der Waals surface area contributed by atoms with Gasteiger partial charge in [-0.2, -0.15) is 0 Å². The molecule has 1 saturated heterocycles. The van der Waals surface area contributed by atoms with E-state index in [1.54, 1.807) is 6.07 Å². The zero-order valence-corrected chi connectivity index (χ0v) is 15.8. The number of carbonyl (C=O) groups is 1. The maximum Gasteiger partial charge on any atom is 0.275 e. The van der Waals surface area contributed by atoms with Gasteiger partial charge in [-0.25, -0.2) is 15.0 Å². The molecule has 29 heavy (non-hydrogen) atoms. The number of carbonyl (C=O) groups excluding carboxylic acids is 1. The second kappa shape index (κ2) is 7.35. The lowest BCUT2D eigenvalue weighted by molar-refractivity contribution is 0.102. The summed E-state index contributed by atoms with van der Waals surface area (Å²) < 4.78 is 1.88. The highest BCUT2D eigenvalue weighted by Gasteiger charge is 2.20. The number of nitrogens with one attached hydrogen (secondary N) is 1. The summed E-state index contributed by atoms with van der Waals surface area (Å²) in [5, 5.41) is 3.02. The molecule has 144 valence electrons. The summed E-state index contributed by atoms with van der Waals surface area (Å²) in [6, 6.07) is 17.3. The van der Waals surface area contributed by atoms with E-state index in [4.69, 9.17) is 4.98 Å². The molecule has 1 N–H and O–H groups in total. The third kappa shape index (κ3) is 3.31. The van der Waals surface area contributed by atoms with Crippen molar-refractivity contribution in [1.29, 1.82) is 0 Å². The zero-order valence-electron chi connectivity index (χ0n) is 15.8. The molecule has 0 atom stereocenters. The normalized spacial score (nSPS) is 13.7. The van der Waals surface area contributed by atoms with Crippen molar-refractivity contribution in [3.8, 4) is 11.3 Å². The maximum absolute atomic E-state index is 13.0. The van der Waals surface area contributed by atoms with Crippen molar-refractivity contribution in [1.82, 2.24) is 19.4 Å². The van der Waals surface area contributed by atoms with E-state index in [-0.39, 0.29) is 5.91 Å². The third-order valence-corrected chi connectivity index (χ3v) is 5.12. The monoisotopic (exact) mass is 384 g/mol. The molecule has 4 heterocycles. The first-order valence-electron chi connectivity index (χ1n) is 9.70. The topological polar surface area (TPSA) is 75.4 Å². The molecule has 7 heteroatoms. The summed E-state index contributed by atoms with van der Waals surface area (Å²) in [4.78, 5) is 28.5. The minimum atomic E-state index is -0.282. The van der Waals surface area contributed by atoms with Gasteiger partial charge in [-0.15, -0.1) is 0 Å². The number of pyridine rings is 1. The Morgan fingerprint density at radius 2 is 1.76 bits per heavy atom. The van der Waals surface area contributed by atoms with Crippen LogP contribution < -0.4 is 10.2 Å². The van der Waals surface area contributed by atoms with Crippen molar-refractivity contribution in [3.63, 3.8) is 0 Å². The minimum Gasteiger partial charge on any atom is -0.357 e.